The minimum absolute atomic E-state index is 0.0369. The van der Waals surface area contributed by atoms with Crippen LogP contribution in [0.3, 0.4) is 0 Å². The molecule has 3 aliphatic rings. The Hall–Kier alpha value is -3.26. The molecule has 0 radical (unpaired) electrons. The number of hydrogen-bond acceptors (Lipinski definition) is 8. The first-order valence-corrected chi connectivity index (χ1v) is 9.54. The van der Waals surface area contributed by atoms with Crippen LogP contribution in [0.5, 0.6) is 28.7 Å². The van der Waals surface area contributed by atoms with Gasteiger partial charge < -0.3 is 28.8 Å². The molecule has 5 rings (SSSR count). The van der Waals surface area contributed by atoms with Gasteiger partial charge in [-0.3, -0.25) is 9.59 Å². The van der Waals surface area contributed by atoms with Gasteiger partial charge in [0.05, 0.1) is 19.8 Å². The number of Topliss-reactive ketones (excluding diaryl/α,β-unsaturated/α-hetero) is 2. The molecule has 8 heteroatoms. The highest BCUT2D eigenvalue weighted by Gasteiger charge is 2.56. The van der Waals surface area contributed by atoms with Gasteiger partial charge in [0.25, 0.3) is 0 Å². The second-order valence-corrected chi connectivity index (χ2v) is 7.56. The average molecular weight is 412 g/mol. The topological polar surface area (TPSA) is 101 Å². The van der Waals surface area contributed by atoms with Crippen LogP contribution in [-0.4, -0.2) is 49.7 Å². The summed E-state index contributed by atoms with van der Waals surface area (Å²) in [7, 11) is 2.96. The van der Waals surface area contributed by atoms with E-state index in [1.54, 1.807) is 18.2 Å². The Morgan fingerprint density at radius 3 is 2.57 bits per heavy atom. The lowest BCUT2D eigenvalue weighted by Gasteiger charge is -2.43. The molecule has 0 aromatic heterocycles. The quantitative estimate of drug-likeness (QED) is 0.815. The predicted molar refractivity (Wildman–Crippen MR) is 103 cm³/mol. The number of ether oxygens (including phenoxy) is 5. The molecule has 0 spiro atoms. The van der Waals surface area contributed by atoms with Crippen molar-refractivity contribution in [1.29, 1.82) is 0 Å². The second kappa shape index (κ2) is 6.37. The summed E-state index contributed by atoms with van der Waals surface area (Å²) >= 11 is 0. The van der Waals surface area contributed by atoms with Crippen LogP contribution in [0, 0.1) is 0 Å². The zero-order chi connectivity index (χ0) is 21.2. The van der Waals surface area contributed by atoms with Crippen LogP contribution in [0.4, 0.5) is 0 Å². The van der Waals surface area contributed by atoms with Gasteiger partial charge in [0.15, 0.2) is 35.1 Å². The molecule has 2 aromatic rings. The monoisotopic (exact) mass is 412 g/mol. The molecule has 1 N–H and O–H groups in total. The van der Waals surface area contributed by atoms with E-state index in [0.717, 1.165) is 0 Å². The molecule has 0 aliphatic carbocycles. The summed E-state index contributed by atoms with van der Waals surface area (Å²) in [4.78, 5) is 25.3. The smallest absolute Gasteiger partial charge is 0.206 e. The van der Waals surface area contributed by atoms with E-state index in [1.165, 1.54) is 27.2 Å². The summed E-state index contributed by atoms with van der Waals surface area (Å²) in [6.45, 7) is 1.42. The van der Waals surface area contributed by atoms with E-state index in [0.29, 0.717) is 40.7 Å². The maximum absolute atomic E-state index is 13.5. The molecule has 8 nitrogen and oxygen atoms in total. The first-order valence-electron chi connectivity index (χ1n) is 9.54. The van der Waals surface area contributed by atoms with Crippen LogP contribution < -0.4 is 23.7 Å². The Labute approximate surface area is 172 Å². The van der Waals surface area contributed by atoms with Gasteiger partial charge in [-0.25, -0.2) is 0 Å². The van der Waals surface area contributed by atoms with Crippen LogP contribution >= 0.6 is 0 Å². The van der Waals surface area contributed by atoms with E-state index in [4.69, 9.17) is 23.7 Å². The lowest BCUT2D eigenvalue weighted by atomic mass is 9.77. The van der Waals surface area contributed by atoms with E-state index in [1.807, 2.05) is 0 Å². The van der Waals surface area contributed by atoms with Crippen molar-refractivity contribution in [2.24, 2.45) is 0 Å². The fourth-order valence-electron chi connectivity index (χ4n) is 4.31. The normalized spacial score (nSPS) is 25.5. The van der Waals surface area contributed by atoms with Gasteiger partial charge >= 0.3 is 0 Å². The Balaban J connectivity index is 1.63. The SMILES string of the molecule is COc1cc2c(cc1OC)C1(O)C(=O)c3ccc4c(c3OC1CO2)CC(C(C)=O)O4. The van der Waals surface area contributed by atoms with Crippen LogP contribution in [0.15, 0.2) is 24.3 Å². The van der Waals surface area contributed by atoms with Crippen LogP contribution in [0.25, 0.3) is 0 Å². The van der Waals surface area contributed by atoms with Crippen molar-refractivity contribution < 1.29 is 38.4 Å². The summed E-state index contributed by atoms with van der Waals surface area (Å²) in [5.41, 5.74) is -0.803. The zero-order valence-electron chi connectivity index (χ0n) is 16.7. The Morgan fingerprint density at radius 2 is 1.87 bits per heavy atom. The fraction of sp³-hybridized carbons (Fsp3) is 0.364. The fourth-order valence-corrected chi connectivity index (χ4v) is 4.31. The van der Waals surface area contributed by atoms with Crippen molar-refractivity contribution in [2.45, 2.75) is 31.2 Å². The van der Waals surface area contributed by atoms with Crippen molar-refractivity contribution >= 4 is 11.6 Å². The maximum Gasteiger partial charge on any atom is 0.206 e. The average Bonchev–Trinajstić information content (AvgIpc) is 3.19. The Morgan fingerprint density at radius 1 is 1.13 bits per heavy atom. The van der Waals surface area contributed by atoms with E-state index in [9.17, 15) is 14.7 Å². The molecule has 3 aliphatic heterocycles. The van der Waals surface area contributed by atoms with Gasteiger partial charge in [-0.15, -0.1) is 0 Å². The first-order chi connectivity index (χ1) is 14.4. The summed E-state index contributed by atoms with van der Waals surface area (Å²) < 4.78 is 28.2. The van der Waals surface area contributed by atoms with Crippen molar-refractivity contribution in [3.63, 3.8) is 0 Å². The van der Waals surface area contributed by atoms with Crippen LogP contribution in [0.1, 0.15) is 28.4 Å². The number of hydrogen-bond donors (Lipinski definition) is 1. The Kier molecular flexibility index (Phi) is 3.98. The molecule has 156 valence electrons. The number of rotatable bonds is 3. The molecule has 3 atom stereocenters. The summed E-state index contributed by atoms with van der Waals surface area (Å²) in [6.07, 6.45) is -1.26. The van der Waals surface area contributed by atoms with Crippen molar-refractivity contribution in [2.75, 3.05) is 20.8 Å². The molecule has 2 aromatic carbocycles. The number of carbonyl (C=O) groups is 2. The van der Waals surface area contributed by atoms with Gasteiger partial charge in [0.1, 0.15) is 23.9 Å². The van der Waals surface area contributed by atoms with E-state index >= 15 is 0 Å². The first kappa shape index (κ1) is 18.7. The highest BCUT2D eigenvalue weighted by Crippen LogP contribution is 2.51. The number of ketones is 2. The molecule has 0 saturated heterocycles. The number of methoxy groups -OCH3 is 2. The van der Waals surface area contributed by atoms with Crippen molar-refractivity contribution in [3.05, 3.63) is 41.0 Å². The third kappa shape index (κ3) is 2.37. The van der Waals surface area contributed by atoms with E-state index in [-0.39, 0.29) is 23.5 Å². The zero-order valence-corrected chi connectivity index (χ0v) is 16.7. The molecule has 3 unspecified atom stereocenters. The number of aliphatic hydroxyl groups is 1. The summed E-state index contributed by atoms with van der Waals surface area (Å²) in [5.74, 6) is 1.36. The summed E-state index contributed by atoms with van der Waals surface area (Å²) in [5, 5.41) is 11.6. The molecule has 0 fully saturated rings. The molecule has 3 heterocycles. The minimum atomic E-state index is -1.95. The van der Waals surface area contributed by atoms with Crippen molar-refractivity contribution in [1.82, 2.24) is 0 Å². The lowest BCUT2D eigenvalue weighted by Crippen LogP contribution is -2.57. The second-order valence-electron chi connectivity index (χ2n) is 7.56. The highest BCUT2D eigenvalue weighted by atomic mass is 16.6. The minimum Gasteiger partial charge on any atom is -0.493 e. The Bertz CT molecular complexity index is 1090. The predicted octanol–water partition coefficient (Wildman–Crippen LogP) is 1.82. The van der Waals surface area contributed by atoms with Gasteiger partial charge in [-0.1, -0.05) is 0 Å². The largest absolute Gasteiger partial charge is 0.493 e. The van der Waals surface area contributed by atoms with Gasteiger partial charge in [-0.2, -0.15) is 0 Å². The van der Waals surface area contributed by atoms with Crippen LogP contribution in [-0.2, 0) is 16.8 Å². The molecule has 30 heavy (non-hydrogen) atoms. The van der Waals surface area contributed by atoms with Gasteiger partial charge in [-0.05, 0) is 25.1 Å². The maximum atomic E-state index is 13.5. The van der Waals surface area contributed by atoms with Gasteiger partial charge in [0, 0.05) is 23.6 Å². The molecule has 0 saturated carbocycles. The molecule has 0 amide bonds. The third-order valence-electron chi connectivity index (χ3n) is 5.93. The highest BCUT2D eigenvalue weighted by molar-refractivity contribution is 6.07. The van der Waals surface area contributed by atoms with Crippen LogP contribution in [0.2, 0.25) is 0 Å². The number of fused-ring (bicyclic) bond motifs is 6. The van der Waals surface area contributed by atoms with Gasteiger partial charge in [0.2, 0.25) is 5.78 Å². The lowest BCUT2D eigenvalue weighted by molar-refractivity contribution is -0.122. The molecular weight excluding hydrogens is 392 g/mol. The third-order valence-corrected chi connectivity index (χ3v) is 5.93. The molecule has 0 bridgehead atoms. The molecular formula is C22H20O8. The standard InChI is InChI=1S/C22H20O8/c1-10(23)15-6-12-14(29-15)5-4-11-20(12)30-19-9-28-16-8-18(27-3)17(26-2)7-13(16)22(19,25)21(11)24/h4-5,7-8,15,19,25H,6,9H2,1-3H3. The van der Waals surface area contributed by atoms with E-state index < -0.39 is 23.6 Å². The number of carbonyl (C=O) groups excluding carboxylic acids is 2. The van der Waals surface area contributed by atoms with E-state index in [2.05, 4.69) is 0 Å². The van der Waals surface area contributed by atoms with Crippen molar-refractivity contribution in [3.8, 4) is 28.7 Å². The number of benzene rings is 2. The summed E-state index contributed by atoms with van der Waals surface area (Å²) in [6, 6.07) is 6.31.